The summed E-state index contributed by atoms with van der Waals surface area (Å²) in [7, 11) is 0. The molecular weight excluding hydrogens is 382 g/mol. The number of ether oxygens (including phenoxy) is 2. The molecule has 2 aromatic rings. The molecule has 28 heavy (non-hydrogen) atoms. The lowest BCUT2D eigenvalue weighted by atomic mass is 10.1. The number of nitrogens with two attached hydrogens (primary N) is 1. The molecule has 0 saturated carbocycles. The molecule has 8 nitrogen and oxygen atoms in total. The van der Waals surface area contributed by atoms with Gasteiger partial charge in [0.15, 0.2) is 5.82 Å². The number of hydrogen-bond acceptors (Lipinski definition) is 8. The van der Waals surface area contributed by atoms with Crippen molar-refractivity contribution in [2.75, 3.05) is 25.2 Å². The summed E-state index contributed by atoms with van der Waals surface area (Å²) in [5.74, 6) is 6.80. The molecule has 154 valence electrons. The Hall–Kier alpha value is -2.13. The molecule has 5 N–H and O–H groups in total. The monoisotopic (exact) mass is 409 g/mol. The van der Waals surface area contributed by atoms with E-state index in [1.165, 1.54) is 0 Å². The van der Waals surface area contributed by atoms with E-state index in [9.17, 15) is 5.11 Å². The second-order valence-corrected chi connectivity index (χ2v) is 7.40. The third-order valence-corrected chi connectivity index (χ3v) is 4.40. The first-order valence-electron chi connectivity index (χ1n) is 9.11. The van der Waals surface area contributed by atoms with Crippen molar-refractivity contribution in [1.29, 1.82) is 0 Å². The van der Waals surface area contributed by atoms with Crippen molar-refractivity contribution in [3.05, 3.63) is 40.9 Å². The Bertz CT molecular complexity index is 743. The summed E-state index contributed by atoms with van der Waals surface area (Å²) in [5, 5.41) is 21.9. The normalized spacial score (nSPS) is 12.5. The number of hydrazine groups is 1. The van der Waals surface area contributed by atoms with Crippen LogP contribution in [-0.2, 0) is 6.42 Å². The lowest BCUT2D eigenvalue weighted by Crippen LogP contribution is -2.48. The minimum Gasteiger partial charge on any atom is -0.491 e. The molecule has 1 atom stereocenters. The van der Waals surface area contributed by atoms with Gasteiger partial charge in [-0.05, 0) is 38.5 Å². The number of nitrogens with zero attached hydrogens (tertiary/aromatic N) is 2. The Morgan fingerprint density at radius 3 is 2.64 bits per heavy atom. The second kappa shape index (κ2) is 10.4. The maximum absolute atomic E-state index is 10.2. The molecule has 0 bridgehead atoms. The van der Waals surface area contributed by atoms with Gasteiger partial charge in [0.05, 0.1) is 0 Å². The summed E-state index contributed by atoms with van der Waals surface area (Å²) in [6.07, 6.45) is 0.0801. The van der Waals surface area contributed by atoms with Crippen LogP contribution < -0.4 is 26.1 Å². The minimum atomic E-state index is -0.683. The molecule has 0 aliphatic heterocycles. The van der Waals surface area contributed by atoms with E-state index in [2.05, 4.69) is 20.9 Å². The van der Waals surface area contributed by atoms with Crippen LogP contribution in [0.5, 0.6) is 11.6 Å². The third kappa shape index (κ3) is 6.79. The number of aliphatic hydroxyl groups is 1. The lowest BCUT2D eigenvalue weighted by molar-refractivity contribution is 0.0919. The topological polar surface area (TPSA) is 115 Å². The Labute approximate surface area is 170 Å². The summed E-state index contributed by atoms with van der Waals surface area (Å²) in [6.45, 7) is 6.81. The number of benzene rings is 1. The van der Waals surface area contributed by atoms with E-state index in [1.54, 1.807) is 12.1 Å². The van der Waals surface area contributed by atoms with Crippen LogP contribution in [0.2, 0.25) is 5.02 Å². The molecule has 1 aromatic carbocycles. The zero-order chi connectivity index (χ0) is 20.6. The zero-order valence-corrected chi connectivity index (χ0v) is 17.2. The van der Waals surface area contributed by atoms with E-state index in [4.69, 9.17) is 26.9 Å². The van der Waals surface area contributed by atoms with Crippen LogP contribution in [0, 0.1) is 0 Å². The Morgan fingerprint density at radius 2 is 2.00 bits per heavy atom. The van der Waals surface area contributed by atoms with Crippen molar-refractivity contribution in [3.8, 4) is 11.6 Å². The van der Waals surface area contributed by atoms with Gasteiger partial charge in [-0.1, -0.05) is 24.6 Å². The number of anilines is 1. The van der Waals surface area contributed by atoms with E-state index >= 15 is 0 Å². The van der Waals surface area contributed by atoms with Gasteiger partial charge in [-0.2, -0.15) is 0 Å². The maximum Gasteiger partial charge on any atom is 0.233 e. The van der Waals surface area contributed by atoms with Crippen molar-refractivity contribution in [2.24, 2.45) is 5.84 Å². The standard InChI is InChI=1S/C19H28ClN5O3/c1-4-14-15(20)6-5-7-16(14)27-11-13(26)10-22-19(2,3)12-28-18-9-8-17(23-21)24-25-18/h5-9,13,22,26H,4,10-12,21H2,1-3H3,(H,23,24). The van der Waals surface area contributed by atoms with Crippen LogP contribution in [0.1, 0.15) is 26.3 Å². The zero-order valence-electron chi connectivity index (χ0n) is 16.4. The predicted molar refractivity (Wildman–Crippen MR) is 110 cm³/mol. The molecule has 1 aromatic heterocycles. The van der Waals surface area contributed by atoms with Crippen molar-refractivity contribution < 1.29 is 14.6 Å². The Kier molecular flexibility index (Phi) is 8.25. The SMILES string of the molecule is CCc1c(Cl)cccc1OCC(O)CNC(C)(C)COc1ccc(NN)nn1. The smallest absolute Gasteiger partial charge is 0.233 e. The summed E-state index contributed by atoms with van der Waals surface area (Å²) in [4.78, 5) is 0. The highest BCUT2D eigenvalue weighted by Crippen LogP contribution is 2.26. The Balaban J connectivity index is 1.77. The fourth-order valence-electron chi connectivity index (χ4n) is 2.44. The predicted octanol–water partition coefficient (Wildman–Crippen LogP) is 2.16. The first-order valence-corrected chi connectivity index (χ1v) is 9.49. The largest absolute Gasteiger partial charge is 0.491 e. The van der Waals surface area contributed by atoms with E-state index in [0.717, 1.165) is 12.0 Å². The van der Waals surface area contributed by atoms with Gasteiger partial charge < -0.3 is 25.3 Å². The number of hydrogen-bond donors (Lipinski definition) is 4. The second-order valence-electron chi connectivity index (χ2n) is 6.99. The van der Waals surface area contributed by atoms with Gasteiger partial charge in [-0.3, -0.25) is 0 Å². The minimum absolute atomic E-state index is 0.163. The van der Waals surface area contributed by atoms with Gasteiger partial charge in [0.2, 0.25) is 5.88 Å². The first kappa shape index (κ1) is 22.2. The van der Waals surface area contributed by atoms with Crippen LogP contribution >= 0.6 is 11.6 Å². The molecule has 0 amide bonds. The van der Waals surface area contributed by atoms with Crippen LogP contribution in [0.4, 0.5) is 5.82 Å². The van der Waals surface area contributed by atoms with Crippen LogP contribution in [-0.4, -0.2) is 46.7 Å². The van der Waals surface area contributed by atoms with Crippen molar-refractivity contribution in [2.45, 2.75) is 38.8 Å². The van der Waals surface area contributed by atoms with Crippen molar-refractivity contribution in [3.63, 3.8) is 0 Å². The molecular formula is C19H28ClN5O3. The van der Waals surface area contributed by atoms with E-state index in [1.807, 2.05) is 39.0 Å². The quantitative estimate of drug-likeness (QED) is 0.330. The van der Waals surface area contributed by atoms with Gasteiger partial charge in [0, 0.05) is 28.7 Å². The summed E-state index contributed by atoms with van der Waals surface area (Å²) >= 11 is 6.18. The number of aliphatic hydroxyl groups excluding tert-OH is 1. The fourth-order valence-corrected chi connectivity index (χ4v) is 2.74. The summed E-state index contributed by atoms with van der Waals surface area (Å²) in [5.41, 5.74) is 2.95. The first-order chi connectivity index (χ1) is 13.3. The number of rotatable bonds is 11. The number of aromatic nitrogens is 2. The summed E-state index contributed by atoms with van der Waals surface area (Å²) < 4.78 is 11.4. The molecule has 1 heterocycles. The van der Waals surface area contributed by atoms with Crippen LogP contribution in [0.15, 0.2) is 30.3 Å². The average molecular weight is 410 g/mol. The van der Waals surface area contributed by atoms with E-state index in [-0.39, 0.29) is 6.61 Å². The molecule has 0 aliphatic carbocycles. The number of β-amino-alcohol motifs (C(OH)–C–C–N with tert-alkyl or cyclic N) is 1. The Morgan fingerprint density at radius 1 is 1.21 bits per heavy atom. The van der Waals surface area contributed by atoms with Gasteiger partial charge in [0.1, 0.15) is 25.1 Å². The molecule has 0 saturated heterocycles. The van der Waals surface area contributed by atoms with E-state index in [0.29, 0.717) is 35.6 Å². The van der Waals surface area contributed by atoms with E-state index < -0.39 is 11.6 Å². The highest BCUT2D eigenvalue weighted by molar-refractivity contribution is 6.31. The number of nitrogens with one attached hydrogen (secondary N) is 2. The molecule has 0 spiro atoms. The fraction of sp³-hybridized carbons (Fsp3) is 0.474. The van der Waals surface area contributed by atoms with Gasteiger partial charge in [0.25, 0.3) is 0 Å². The maximum atomic E-state index is 10.2. The molecule has 0 fully saturated rings. The molecule has 1 unspecified atom stereocenters. The average Bonchev–Trinajstić information content (AvgIpc) is 2.69. The lowest BCUT2D eigenvalue weighted by Gasteiger charge is -2.27. The molecule has 9 heteroatoms. The number of halogens is 1. The molecule has 0 radical (unpaired) electrons. The van der Waals surface area contributed by atoms with Crippen molar-refractivity contribution >= 4 is 17.4 Å². The van der Waals surface area contributed by atoms with Crippen LogP contribution in [0.25, 0.3) is 0 Å². The highest BCUT2D eigenvalue weighted by Gasteiger charge is 2.20. The number of nitrogen functional groups attached to an aromatic ring is 1. The van der Waals surface area contributed by atoms with Gasteiger partial charge >= 0.3 is 0 Å². The van der Waals surface area contributed by atoms with Crippen LogP contribution in [0.3, 0.4) is 0 Å². The van der Waals surface area contributed by atoms with Crippen molar-refractivity contribution in [1.82, 2.24) is 15.5 Å². The highest BCUT2D eigenvalue weighted by atomic mass is 35.5. The van der Waals surface area contributed by atoms with Gasteiger partial charge in [-0.15, -0.1) is 10.2 Å². The van der Waals surface area contributed by atoms with Gasteiger partial charge in [-0.25, -0.2) is 5.84 Å². The third-order valence-electron chi connectivity index (χ3n) is 4.05. The molecule has 2 rings (SSSR count). The summed E-state index contributed by atoms with van der Waals surface area (Å²) in [6, 6.07) is 8.87. The molecule has 0 aliphatic rings.